The Kier molecular flexibility index (Phi) is 5.51. The maximum atomic E-state index is 12.2. The van der Waals surface area contributed by atoms with Crippen molar-refractivity contribution >= 4 is 33.5 Å². The average Bonchev–Trinajstić information content (AvgIpc) is 3.03. The Morgan fingerprint density at radius 1 is 1.18 bits per heavy atom. The Balaban J connectivity index is 2.26. The van der Waals surface area contributed by atoms with Crippen LogP contribution in [0.15, 0.2) is 24.3 Å². The van der Waals surface area contributed by atoms with Crippen LogP contribution in [0.5, 0.6) is 11.5 Å². The number of aromatic carboxylic acids is 1. The van der Waals surface area contributed by atoms with Crippen LogP contribution in [0.25, 0.3) is 21.5 Å². The second-order valence-electron chi connectivity index (χ2n) is 5.87. The first-order valence-corrected chi connectivity index (χ1v) is 9.27. The number of nitrogens with zero attached hydrogens (tertiary/aromatic N) is 1. The van der Waals surface area contributed by atoms with Crippen molar-refractivity contribution in [2.24, 2.45) is 0 Å². The summed E-state index contributed by atoms with van der Waals surface area (Å²) in [6, 6.07) is 6.57. The summed E-state index contributed by atoms with van der Waals surface area (Å²) in [5.74, 6) is -0.777. The summed E-state index contributed by atoms with van der Waals surface area (Å²) in [4.78, 5) is 29.3. The Labute approximate surface area is 165 Å². The molecule has 3 aromatic rings. The molecule has 0 aliphatic heterocycles. The fraction of sp³-hybridized carbons (Fsp3) is 0.250. The summed E-state index contributed by atoms with van der Waals surface area (Å²) in [6.45, 7) is 3.61. The molecule has 0 N–H and O–H groups in total. The van der Waals surface area contributed by atoms with Gasteiger partial charge in [-0.2, -0.15) is 0 Å². The summed E-state index contributed by atoms with van der Waals surface area (Å²) in [7, 11) is 3.04. The second kappa shape index (κ2) is 7.85. The number of aryl methyl sites for hydroxylation is 1. The highest BCUT2D eigenvalue weighted by molar-refractivity contribution is 7.20. The van der Waals surface area contributed by atoms with E-state index >= 15 is 0 Å². The van der Waals surface area contributed by atoms with Gasteiger partial charge in [0, 0.05) is 22.6 Å². The molecule has 8 heteroatoms. The number of pyridine rings is 1. The zero-order chi connectivity index (χ0) is 20.4. The van der Waals surface area contributed by atoms with E-state index in [1.165, 1.54) is 20.3 Å². The molecular formula is C20H18NO6S-. The second-order valence-corrected chi connectivity index (χ2v) is 6.86. The van der Waals surface area contributed by atoms with Gasteiger partial charge < -0.3 is 24.1 Å². The predicted octanol–water partition coefficient (Wildman–Crippen LogP) is 2.83. The lowest BCUT2D eigenvalue weighted by molar-refractivity contribution is -0.254. The van der Waals surface area contributed by atoms with Gasteiger partial charge in [0.25, 0.3) is 0 Å². The molecule has 2 heterocycles. The predicted molar refractivity (Wildman–Crippen MR) is 103 cm³/mol. The van der Waals surface area contributed by atoms with Gasteiger partial charge >= 0.3 is 5.97 Å². The molecule has 146 valence electrons. The monoisotopic (exact) mass is 400 g/mol. The number of ether oxygens (including phenoxy) is 3. The van der Waals surface area contributed by atoms with Crippen molar-refractivity contribution in [3.8, 4) is 22.8 Å². The van der Waals surface area contributed by atoms with Crippen molar-refractivity contribution in [3.05, 3.63) is 40.3 Å². The Hall–Kier alpha value is -3.13. The Bertz CT molecular complexity index is 1070. The largest absolute Gasteiger partial charge is 0.545 e. The summed E-state index contributed by atoms with van der Waals surface area (Å²) >= 11 is 1.09. The summed E-state index contributed by atoms with van der Waals surface area (Å²) in [5, 5.41) is 12.2. The molecule has 0 aliphatic carbocycles. The average molecular weight is 400 g/mol. The standard InChI is InChI=1S/C20H19NO6S/c1-5-27-20(24)17-10(2)16-13(19(22)23)9-14(21-18(16)28-17)12-7-6-11(25-3)8-15(12)26-4/h6-9H,5H2,1-4H3,(H,22,23)/p-1. The van der Waals surface area contributed by atoms with Crippen LogP contribution in [0.3, 0.4) is 0 Å². The number of carbonyl (C=O) groups is 2. The van der Waals surface area contributed by atoms with E-state index in [9.17, 15) is 14.7 Å². The topological polar surface area (TPSA) is 97.8 Å². The van der Waals surface area contributed by atoms with E-state index in [4.69, 9.17) is 14.2 Å². The van der Waals surface area contributed by atoms with E-state index in [-0.39, 0.29) is 12.2 Å². The highest BCUT2D eigenvalue weighted by atomic mass is 32.1. The number of benzene rings is 1. The van der Waals surface area contributed by atoms with Gasteiger partial charge in [-0.3, -0.25) is 0 Å². The van der Waals surface area contributed by atoms with Gasteiger partial charge in [-0.15, -0.1) is 11.3 Å². The zero-order valence-corrected chi connectivity index (χ0v) is 16.6. The highest BCUT2D eigenvalue weighted by Gasteiger charge is 2.22. The van der Waals surface area contributed by atoms with Crippen LogP contribution in [0, 0.1) is 6.92 Å². The third kappa shape index (κ3) is 3.38. The lowest BCUT2D eigenvalue weighted by Gasteiger charge is -2.12. The third-order valence-electron chi connectivity index (χ3n) is 4.27. The number of fused-ring (bicyclic) bond motifs is 1. The molecule has 28 heavy (non-hydrogen) atoms. The molecule has 0 saturated heterocycles. The van der Waals surface area contributed by atoms with Crippen molar-refractivity contribution in [3.63, 3.8) is 0 Å². The molecule has 0 amide bonds. The maximum Gasteiger partial charge on any atom is 0.348 e. The molecule has 0 saturated carbocycles. The van der Waals surface area contributed by atoms with Gasteiger partial charge in [-0.25, -0.2) is 9.78 Å². The van der Waals surface area contributed by atoms with Crippen LogP contribution < -0.4 is 14.6 Å². The fourth-order valence-electron chi connectivity index (χ4n) is 2.95. The maximum absolute atomic E-state index is 12.2. The normalized spacial score (nSPS) is 10.7. The number of carbonyl (C=O) groups excluding carboxylic acids is 2. The number of rotatable bonds is 6. The van der Waals surface area contributed by atoms with E-state index in [0.29, 0.717) is 43.4 Å². The number of aromatic nitrogens is 1. The van der Waals surface area contributed by atoms with Crippen molar-refractivity contribution in [1.82, 2.24) is 4.98 Å². The van der Waals surface area contributed by atoms with Crippen LogP contribution >= 0.6 is 11.3 Å². The summed E-state index contributed by atoms with van der Waals surface area (Å²) in [6.07, 6.45) is 0. The van der Waals surface area contributed by atoms with Gasteiger partial charge in [0.15, 0.2) is 0 Å². The number of thiophene rings is 1. The Morgan fingerprint density at radius 3 is 2.54 bits per heavy atom. The van der Waals surface area contributed by atoms with E-state index in [1.807, 2.05) is 0 Å². The molecule has 0 aliphatic rings. The van der Waals surface area contributed by atoms with Gasteiger partial charge in [-0.1, -0.05) is 0 Å². The van der Waals surface area contributed by atoms with Crippen LogP contribution in [-0.4, -0.2) is 37.7 Å². The van der Waals surface area contributed by atoms with Gasteiger partial charge in [0.05, 0.1) is 32.5 Å². The van der Waals surface area contributed by atoms with E-state index in [0.717, 1.165) is 11.3 Å². The first-order chi connectivity index (χ1) is 13.4. The van der Waals surface area contributed by atoms with Crippen LogP contribution in [0.4, 0.5) is 0 Å². The van der Waals surface area contributed by atoms with Gasteiger partial charge in [0.2, 0.25) is 0 Å². The molecule has 0 spiro atoms. The minimum absolute atomic E-state index is 0.0397. The van der Waals surface area contributed by atoms with E-state index in [2.05, 4.69) is 4.98 Å². The highest BCUT2D eigenvalue weighted by Crippen LogP contribution is 2.38. The van der Waals surface area contributed by atoms with Crippen molar-refractivity contribution in [2.75, 3.05) is 20.8 Å². The molecular weight excluding hydrogens is 382 g/mol. The van der Waals surface area contributed by atoms with E-state index in [1.54, 1.807) is 32.0 Å². The molecule has 2 aromatic heterocycles. The molecule has 0 unspecified atom stereocenters. The lowest BCUT2D eigenvalue weighted by atomic mass is 10.0. The SMILES string of the molecule is CCOC(=O)c1sc2nc(-c3ccc(OC)cc3OC)cc(C(=O)[O-])c2c1C. The molecule has 0 bridgehead atoms. The number of carboxylic acids is 1. The number of esters is 1. The first kappa shape index (κ1) is 19.6. The van der Waals surface area contributed by atoms with Crippen molar-refractivity contribution < 1.29 is 28.9 Å². The minimum Gasteiger partial charge on any atom is -0.545 e. The molecule has 7 nitrogen and oxygen atoms in total. The van der Waals surface area contributed by atoms with Crippen LogP contribution in [0.1, 0.15) is 32.5 Å². The number of methoxy groups -OCH3 is 2. The van der Waals surface area contributed by atoms with Gasteiger partial charge in [0.1, 0.15) is 21.2 Å². The molecule has 0 fully saturated rings. The summed E-state index contributed by atoms with van der Waals surface area (Å²) < 4.78 is 15.7. The quantitative estimate of drug-likeness (QED) is 0.587. The fourth-order valence-corrected chi connectivity index (χ4v) is 4.05. The molecule has 1 aromatic carbocycles. The number of hydrogen-bond acceptors (Lipinski definition) is 8. The Morgan fingerprint density at radius 2 is 1.93 bits per heavy atom. The first-order valence-electron chi connectivity index (χ1n) is 8.46. The third-order valence-corrected chi connectivity index (χ3v) is 5.43. The van der Waals surface area contributed by atoms with Gasteiger partial charge in [-0.05, 0) is 37.6 Å². The minimum atomic E-state index is -1.35. The molecule has 0 atom stereocenters. The van der Waals surface area contributed by atoms with Crippen LogP contribution in [-0.2, 0) is 4.74 Å². The van der Waals surface area contributed by atoms with E-state index < -0.39 is 11.9 Å². The van der Waals surface area contributed by atoms with Crippen molar-refractivity contribution in [2.45, 2.75) is 13.8 Å². The molecule has 0 radical (unpaired) electrons. The summed E-state index contributed by atoms with van der Waals surface area (Å²) in [5.41, 5.74) is 1.46. The van der Waals surface area contributed by atoms with Crippen LogP contribution in [0.2, 0.25) is 0 Å². The van der Waals surface area contributed by atoms with Crippen molar-refractivity contribution in [1.29, 1.82) is 0 Å². The number of carboxylic acid groups (broad SMARTS) is 1. The zero-order valence-electron chi connectivity index (χ0n) is 15.8. The lowest BCUT2D eigenvalue weighted by Crippen LogP contribution is -2.22. The number of hydrogen-bond donors (Lipinski definition) is 0. The smallest absolute Gasteiger partial charge is 0.348 e. The molecule has 3 rings (SSSR count).